The Labute approximate surface area is 111 Å². The van der Waals surface area contributed by atoms with E-state index in [4.69, 9.17) is 16.0 Å². The quantitative estimate of drug-likeness (QED) is 0.804. The van der Waals surface area contributed by atoms with Gasteiger partial charge >= 0.3 is 0 Å². The van der Waals surface area contributed by atoms with Crippen LogP contribution in [0.4, 0.5) is 4.39 Å². The molecule has 1 aromatic heterocycles. The highest BCUT2D eigenvalue weighted by atomic mass is 79.9. The third kappa shape index (κ3) is 2.84. The van der Waals surface area contributed by atoms with Crippen LogP contribution in [0.1, 0.15) is 12.3 Å². The average molecular weight is 320 g/mol. The lowest BCUT2D eigenvalue weighted by atomic mass is 10.2. The molecule has 0 atom stereocenters. The highest BCUT2D eigenvalue weighted by Gasteiger charge is 2.15. The zero-order valence-electron chi connectivity index (χ0n) is 8.79. The molecule has 0 unspecified atom stereocenters. The molecule has 0 aliphatic carbocycles. The first-order chi connectivity index (χ1) is 8.22. The molecular formula is C11H9BrClFN2O. The van der Waals surface area contributed by atoms with Crippen molar-refractivity contribution in [2.24, 2.45) is 0 Å². The fraction of sp³-hybridized carbons (Fsp3) is 0.273. The van der Waals surface area contributed by atoms with Gasteiger partial charge in [-0.1, -0.05) is 6.07 Å². The van der Waals surface area contributed by atoms with E-state index in [1.807, 2.05) is 0 Å². The number of rotatable bonds is 4. The number of halogens is 3. The van der Waals surface area contributed by atoms with Gasteiger partial charge in [0.15, 0.2) is 0 Å². The monoisotopic (exact) mass is 318 g/mol. The van der Waals surface area contributed by atoms with Gasteiger partial charge in [0, 0.05) is 16.8 Å². The van der Waals surface area contributed by atoms with E-state index in [0.717, 1.165) is 6.42 Å². The van der Waals surface area contributed by atoms with Crippen LogP contribution in [0.15, 0.2) is 27.1 Å². The van der Waals surface area contributed by atoms with Gasteiger partial charge < -0.3 is 4.42 Å². The molecule has 0 aliphatic heterocycles. The molecule has 0 radical (unpaired) electrons. The van der Waals surface area contributed by atoms with Gasteiger partial charge in [-0.05, 0) is 34.5 Å². The lowest BCUT2D eigenvalue weighted by molar-refractivity contribution is 0.498. The van der Waals surface area contributed by atoms with Crippen LogP contribution < -0.4 is 0 Å². The molecule has 1 aromatic carbocycles. The number of aromatic nitrogens is 2. The first-order valence-electron chi connectivity index (χ1n) is 5.05. The predicted molar refractivity (Wildman–Crippen MR) is 66.4 cm³/mol. The van der Waals surface area contributed by atoms with Gasteiger partial charge in [0.2, 0.25) is 5.89 Å². The lowest BCUT2D eigenvalue weighted by Gasteiger charge is -1.99. The zero-order chi connectivity index (χ0) is 12.3. The van der Waals surface area contributed by atoms with Gasteiger partial charge in [0.25, 0.3) is 5.89 Å². The van der Waals surface area contributed by atoms with Crippen LogP contribution in [0.3, 0.4) is 0 Å². The highest BCUT2D eigenvalue weighted by Crippen LogP contribution is 2.29. The van der Waals surface area contributed by atoms with E-state index in [1.54, 1.807) is 12.1 Å². The number of benzene rings is 1. The molecule has 6 heteroatoms. The largest absolute Gasteiger partial charge is 0.421 e. The Morgan fingerprint density at radius 3 is 2.88 bits per heavy atom. The van der Waals surface area contributed by atoms with Crippen molar-refractivity contribution in [2.75, 3.05) is 5.88 Å². The van der Waals surface area contributed by atoms with Gasteiger partial charge in [-0.25, -0.2) is 4.39 Å². The summed E-state index contributed by atoms with van der Waals surface area (Å²) in [6.07, 6.45) is 1.35. The van der Waals surface area contributed by atoms with Gasteiger partial charge in [0.05, 0.1) is 5.56 Å². The van der Waals surface area contributed by atoms with Gasteiger partial charge in [-0.2, -0.15) is 0 Å². The number of aryl methyl sites for hydroxylation is 1. The van der Waals surface area contributed by atoms with E-state index in [-0.39, 0.29) is 11.5 Å². The maximum atomic E-state index is 13.6. The van der Waals surface area contributed by atoms with Crippen LogP contribution in [0.2, 0.25) is 0 Å². The molecule has 0 amide bonds. The summed E-state index contributed by atoms with van der Waals surface area (Å²) in [6.45, 7) is 0. The van der Waals surface area contributed by atoms with Crippen LogP contribution in [0.5, 0.6) is 0 Å². The van der Waals surface area contributed by atoms with E-state index in [0.29, 0.717) is 22.7 Å². The van der Waals surface area contributed by atoms with Crippen LogP contribution >= 0.6 is 27.5 Å². The van der Waals surface area contributed by atoms with Gasteiger partial charge in [0.1, 0.15) is 5.82 Å². The van der Waals surface area contributed by atoms with E-state index >= 15 is 0 Å². The summed E-state index contributed by atoms with van der Waals surface area (Å²) in [5.74, 6) is 0.781. The van der Waals surface area contributed by atoms with E-state index in [9.17, 15) is 4.39 Å². The number of hydrogen-bond donors (Lipinski definition) is 0. The third-order valence-electron chi connectivity index (χ3n) is 2.17. The Kier molecular flexibility index (Phi) is 4.12. The smallest absolute Gasteiger partial charge is 0.251 e. The van der Waals surface area contributed by atoms with Crippen molar-refractivity contribution in [3.05, 3.63) is 34.4 Å². The van der Waals surface area contributed by atoms with E-state index in [1.165, 1.54) is 6.07 Å². The summed E-state index contributed by atoms with van der Waals surface area (Å²) in [6, 6.07) is 4.68. The minimum Gasteiger partial charge on any atom is -0.421 e. The van der Waals surface area contributed by atoms with Crippen molar-refractivity contribution in [1.82, 2.24) is 10.2 Å². The molecule has 1 heterocycles. The van der Waals surface area contributed by atoms with Crippen LogP contribution in [0, 0.1) is 5.82 Å². The molecule has 0 spiro atoms. The molecule has 0 N–H and O–H groups in total. The summed E-state index contributed by atoms with van der Waals surface area (Å²) in [5.41, 5.74) is 0.289. The lowest BCUT2D eigenvalue weighted by Crippen LogP contribution is -1.85. The summed E-state index contributed by atoms with van der Waals surface area (Å²) in [5, 5.41) is 7.68. The minimum atomic E-state index is -0.396. The standard InChI is InChI=1S/C11H9BrClFN2O/c12-7-3-1-4-8(14)10(7)11-16-15-9(17-11)5-2-6-13/h1,3-4H,2,5-6H2. The second-order valence-electron chi connectivity index (χ2n) is 3.39. The van der Waals surface area contributed by atoms with Crippen LogP contribution in [-0.4, -0.2) is 16.1 Å². The Morgan fingerprint density at radius 2 is 2.18 bits per heavy atom. The summed E-state index contributed by atoms with van der Waals surface area (Å²) >= 11 is 8.83. The van der Waals surface area contributed by atoms with Crippen molar-refractivity contribution in [2.45, 2.75) is 12.8 Å². The summed E-state index contributed by atoms with van der Waals surface area (Å²) in [4.78, 5) is 0. The number of hydrogen-bond acceptors (Lipinski definition) is 3. The Hall–Kier alpha value is -0.940. The van der Waals surface area contributed by atoms with E-state index in [2.05, 4.69) is 26.1 Å². The SMILES string of the molecule is Fc1cccc(Br)c1-c1nnc(CCCCl)o1. The Balaban J connectivity index is 2.30. The van der Waals surface area contributed by atoms with E-state index < -0.39 is 5.82 Å². The van der Waals surface area contributed by atoms with Crippen molar-refractivity contribution >= 4 is 27.5 Å². The molecule has 0 saturated heterocycles. The molecule has 17 heavy (non-hydrogen) atoms. The number of alkyl halides is 1. The molecule has 2 aromatic rings. The Morgan fingerprint density at radius 1 is 1.35 bits per heavy atom. The topological polar surface area (TPSA) is 38.9 Å². The second kappa shape index (κ2) is 5.60. The maximum Gasteiger partial charge on any atom is 0.251 e. The molecule has 0 aliphatic rings. The van der Waals surface area contributed by atoms with Crippen LogP contribution in [0.25, 0.3) is 11.5 Å². The van der Waals surface area contributed by atoms with Crippen molar-refractivity contribution < 1.29 is 8.81 Å². The van der Waals surface area contributed by atoms with Crippen molar-refractivity contribution in [3.8, 4) is 11.5 Å². The average Bonchev–Trinajstić information content (AvgIpc) is 2.75. The highest BCUT2D eigenvalue weighted by molar-refractivity contribution is 9.10. The molecular weight excluding hydrogens is 310 g/mol. The molecule has 2 rings (SSSR count). The van der Waals surface area contributed by atoms with Gasteiger partial charge in [-0.15, -0.1) is 21.8 Å². The molecule has 0 fully saturated rings. The Bertz CT molecular complexity index is 498. The summed E-state index contributed by atoms with van der Waals surface area (Å²) < 4.78 is 19.6. The first-order valence-corrected chi connectivity index (χ1v) is 6.38. The minimum absolute atomic E-state index is 0.180. The first kappa shape index (κ1) is 12.5. The molecule has 3 nitrogen and oxygen atoms in total. The van der Waals surface area contributed by atoms with Gasteiger partial charge in [-0.3, -0.25) is 0 Å². The second-order valence-corrected chi connectivity index (χ2v) is 4.62. The third-order valence-corrected chi connectivity index (χ3v) is 3.10. The fourth-order valence-corrected chi connectivity index (χ4v) is 2.02. The zero-order valence-corrected chi connectivity index (χ0v) is 11.1. The van der Waals surface area contributed by atoms with Crippen LogP contribution in [-0.2, 0) is 6.42 Å². The van der Waals surface area contributed by atoms with Crippen molar-refractivity contribution in [1.29, 1.82) is 0 Å². The molecule has 90 valence electrons. The molecule has 0 bridgehead atoms. The fourth-order valence-electron chi connectivity index (χ4n) is 1.38. The maximum absolute atomic E-state index is 13.6. The molecule has 0 saturated carbocycles. The predicted octanol–water partition coefficient (Wildman–Crippen LogP) is 3.81. The number of nitrogens with zero attached hydrogens (tertiary/aromatic N) is 2. The summed E-state index contributed by atoms with van der Waals surface area (Å²) in [7, 11) is 0. The normalized spacial score (nSPS) is 10.8. The van der Waals surface area contributed by atoms with Crippen molar-refractivity contribution in [3.63, 3.8) is 0 Å².